The average molecular weight is 341 g/mol. The van der Waals surface area contributed by atoms with Gasteiger partial charge in [-0.1, -0.05) is 38.9 Å². The van der Waals surface area contributed by atoms with Crippen LogP contribution in [0.15, 0.2) is 61.9 Å². The van der Waals surface area contributed by atoms with Crippen LogP contribution in [0.25, 0.3) is 0 Å². The summed E-state index contributed by atoms with van der Waals surface area (Å²) in [6, 6.07) is 11.9. The van der Waals surface area contributed by atoms with Gasteiger partial charge in [-0.3, -0.25) is 0 Å². The van der Waals surface area contributed by atoms with Crippen LogP contribution in [0.3, 0.4) is 0 Å². The first-order valence-corrected chi connectivity index (χ1v) is 6.92. The number of amidine groups is 1. The fraction of sp³-hybridized carbons (Fsp3) is 0. The van der Waals surface area contributed by atoms with E-state index in [1.165, 1.54) is 23.9 Å². The van der Waals surface area contributed by atoms with Crippen LogP contribution < -0.4 is 5.73 Å². The molecule has 0 bridgehead atoms. The second kappa shape index (κ2) is 6.08. The van der Waals surface area contributed by atoms with Gasteiger partial charge in [0.15, 0.2) is 5.84 Å². The molecule has 3 N–H and O–H groups in total. The molecule has 0 saturated carbocycles. The summed E-state index contributed by atoms with van der Waals surface area (Å²) in [4.78, 5) is 1.68. The Bertz CT molecular complexity index is 634. The highest BCUT2D eigenvalue weighted by Gasteiger charge is 2.10. The Morgan fingerprint density at radius 1 is 1.26 bits per heavy atom. The molecule has 0 aliphatic carbocycles. The van der Waals surface area contributed by atoms with E-state index in [1.54, 1.807) is 6.07 Å². The lowest BCUT2D eigenvalue weighted by atomic mass is 10.2. The predicted molar refractivity (Wildman–Crippen MR) is 77.2 cm³/mol. The van der Waals surface area contributed by atoms with Crippen LogP contribution in [-0.4, -0.2) is 11.0 Å². The topological polar surface area (TPSA) is 58.6 Å². The molecule has 3 nitrogen and oxygen atoms in total. The van der Waals surface area contributed by atoms with E-state index >= 15 is 0 Å². The normalized spacial score (nSPS) is 11.6. The first-order chi connectivity index (χ1) is 9.10. The minimum Gasteiger partial charge on any atom is -0.409 e. The van der Waals surface area contributed by atoms with Crippen molar-refractivity contribution >= 4 is 33.5 Å². The number of oxime groups is 1. The number of hydrogen-bond acceptors (Lipinski definition) is 3. The second-order valence-corrected chi connectivity index (χ2v) is 5.72. The molecule has 0 amide bonds. The van der Waals surface area contributed by atoms with Gasteiger partial charge in [-0.15, -0.1) is 0 Å². The molecule has 0 radical (unpaired) electrons. The standard InChI is InChI=1S/C13H10BrFN2OS/c14-8-2-1-3-10(6-8)19-12-5-4-9(15)7-11(12)13(16)17-18/h1-7,18H,(H2,16,17). The number of nitrogens with two attached hydrogens (primary N) is 1. The van der Waals surface area contributed by atoms with Gasteiger partial charge in [-0.2, -0.15) is 0 Å². The van der Waals surface area contributed by atoms with E-state index in [9.17, 15) is 4.39 Å². The molecule has 2 aromatic carbocycles. The van der Waals surface area contributed by atoms with Gasteiger partial charge >= 0.3 is 0 Å². The van der Waals surface area contributed by atoms with Crippen molar-refractivity contribution in [2.75, 3.05) is 0 Å². The zero-order valence-corrected chi connectivity index (χ0v) is 12.1. The highest BCUT2D eigenvalue weighted by Crippen LogP contribution is 2.32. The van der Waals surface area contributed by atoms with Gasteiger partial charge in [0.2, 0.25) is 0 Å². The third-order valence-corrected chi connectivity index (χ3v) is 3.91. The summed E-state index contributed by atoms with van der Waals surface area (Å²) in [5.41, 5.74) is 5.93. The van der Waals surface area contributed by atoms with E-state index < -0.39 is 5.82 Å². The third-order valence-electron chi connectivity index (χ3n) is 2.35. The highest BCUT2D eigenvalue weighted by atomic mass is 79.9. The van der Waals surface area contributed by atoms with Crippen LogP contribution in [0.5, 0.6) is 0 Å². The van der Waals surface area contributed by atoms with Crippen molar-refractivity contribution in [1.82, 2.24) is 0 Å². The Labute approximate surface area is 122 Å². The fourth-order valence-corrected chi connectivity index (χ4v) is 3.05. The zero-order valence-electron chi connectivity index (χ0n) is 9.68. The maximum Gasteiger partial charge on any atom is 0.171 e. The molecular formula is C13H10BrFN2OS. The van der Waals surface area contributed by atoms with Crippen molar-refractivity contribution in [2.24, 2.45) is 10.9 Å². The maximum atomic E-state index is 13.2. The third kappa shape index (κ3) is 3.48. The number of nitrogens with zero attached hydrogens (tertiary/aromatic N) is 1. The molecule has 0 unspecified atom stereocenters. The van der Waals surface area contributed by atoms with E-state index in [4.69, 9.17) is 10.9 Å². The molecule has 2 aromatic rings. The molecule has 19 heavy (non-hydrogen) atoms. The van der Waals surface area contributed by atoms with Crippen LogP contribution in [0.1, 0.15) is 5.56 Å². The van der Waals surface area contributed by atoms with Crippen LogP contribution in [0.2, 0.25) is 0 Å². The molecule has 0 heterocycles. The van der Waals surface area contributed by atoms with Crippen LogP contribution in [-0.2, 0) is 0 Å². The maximum absolute atomic E-state index is 13.2. The van der Waals surface area contributed by atoms with Gasteiger partial charge in [0.05, 0.1) is 0 Å². The minimum atomic E-state index is -0.430. The Hall–Kier alpha value is -1.53. The van der Waals surface area contributed by atoms with Crippen molar-refractivity contribution in [3.05, 3.63) is 58.3 Å². The first kappa shape index (κ1) is 13.9. The summed E-state index contributed by atoms with van der Waals surface area (Å²) >= 11 is 4.80. The minimum absolute atomic E-state index is 0.114. The number of benzene rings is 2. The molecule has 0 spiro atoms. The van der Waals surface area contributed by atoms with Gasteiger partial charge in [-0.25, -0.2) is 4.39 Å². The van der Waals surface area contributed by atoms with Crippen molar-refractivity contribution in [2.45, 2.75) is 9.79 Å². The largest absolute Gasteiger partial charge is 0.409 e. The smallest absolute Gasteiger partial charge is 0.171 e. The molecule has 0 saturated heterocycles. The lowest BCUT2D eigenvalue weighted by Crippen LogP contribution is -2.14. The lowest BCUT2D eigenvalue weighted by molar-refractivity contribution is 0.318. The van der Waals surface area contributed by atoms with E-state index in [2.05, 4.69) is 21.1 Å². The van der Waals surface area contributed by atoms with Crippen LogP contribution in [0, 0.1) is 5.82 Å². The average Bonchev–Trinajstić information content (AvgIpc) is 2.40. The van der Waals surface area contributed by atoms with Crippen LogP contribution in [0.4, 0.5) is 4.39 Å². The molecule has 0 atom stereocenters. The van der Waals surface area contributed by atoms with E-state index in [0.29, 0.717) is 5.56 Å². The Balaban J connectivity index is 2.40. The quantitative estimate of drug-likeness (QED) is 0.386. The Morgan fingerprint density at radius 3 is 2.74 bits per heavy atom. The van der Waals surface area contributed by atoms with E-state index in [-0.39, 0.29) is 5.84 Å². The second-order valence-electron chi connectivity index (χ2n) is 3.69. The first-order valence-electron chi connectivity index (χ1n) is 5.31. The van der Waals surface area contributed by atoms with Crippen LogP contribution >= 0.6 is 27.7 Å². The van der Waals surface area contributed by atoms with Gasteiger partial charge in [0.25, 0.3) is 0 Å². The van der Waals surface area contributed by atoms with Crippen molar-refractivity contribution in [3.8, 4) is 0 Å². The fourth-order valence-electron chi connectivity index (χ4n) is 1.50. The number of halogens is 2. The summed E-state index contributed by atoms with van der Waals surface area (Å²) in [6.07, 6.45) is 0. The van der Waals surface area contributed by atoms with Crippen molar-refractivity contribution in [3.63, 3.8) is 0 Å². The summed E-state index contributed by atoms with van der Waals surface area (Å²) in [6.45, 7) is 0. The zero-order chi connectivity index (χ0) is 13.8. The van der Waals surface area contributed by atoms with Crippen molar-refractivity contribution < 1.29 is 9.60 Å². The van der Waals surface area contributed by atoms with Gasteiger partial charge in [-0.05, 0) is 36.4 Å². The van der Waals surface area contributed by atoms with Gasteiger partial charge in [0.1, 0.15) is 5.82 Å². The Kier molecular flexibility index (Phi) is 4.44. The molecule has 2 rings (SSSR count). The lowest BCUT2D eigenvalue weighted by Gasteiger charge is -2.08. The molecule has 0 aliphatic heterocycles. The molecule has 0 aliphatic rings. The summed E-state index contributed by atoms with van der Waals surface area (Å²) in [5, 5.41) is 11.7. The van der Waals surface area contributed by atoms with Gasteiger partial charge in [0, 0.05) is 19.8 Å². The molecule has 98 valence electrons. The Morgan fingerprint density at radius 2 is 2.05 bits per heavy atom. The summed E-state index contributed by atoms with van der Waals surface area (Å²) in [7, 11) is 0. The predicted octanol–water partition coefficient (Wildman–Crippen LogP) is 3.83. The number of hydrogen-bond donors (Lipinski definition) is 2. The molecule has 0 aromatic heterocycles. The SMILES string of the molecule is NC(=NO)c1cc(F)ccc1Sc1cccc(Br)c1. The molecular weight excluding hydrogens is 331 g/mol. The van der Waals surface area contributed by atoms with E-state index in [1.807, 2.05) is 24.3 Å². The van der Waals surface area contributed by atoms with E-state index in [0.717, 1.165) is 14.3 Å². The van der Waals surface area contributed by atoms with Crippen molar-refractivity contribution in [1.29, 1.82) is 0 Å². The molecule has 6 heteroatoms. The highest BCUT2D eigenvalue weighted by molar-refractivity contribution is 9.10. The number of rotatable bonds is 3. The monoisotopic (exact) mass is 340 g/mol. The summed E-state index contributed by atoms with van der Waals surface area (Å²) in [5.74, 6) is -0.544. The molecule has 0 fully saturated rings. The van der Waals surface area contributed by atoms with Gasteiger partial charge < -0.3 is 10.9 Å². The summed E-state index contributed by atoms with van der Waals surface area (Å²) < 4.78 is 14.2.